The molecule has 3 aromatic heterocycles. The molecule has 4 aromatic rings. The molecule has 4 heterocycles. The highest BCUT2D eigenvalue weighted by atomic mass is 19.1. The standard InChI is InChI=1S/C31H31FN6O4/c1-18(39)42-16-23-22(20-9-24(29(40)36(4)15-20)35-28-5-6-33-17-34-28)11-21(32)12-25(23)38-8-7-37-26(30(38)41)10-19-13-31(2,3)14-27(19)37/h5-6,9-12,15,17H,7-8,13-14,16H2,1-4H3,(H,33,34,35). The Balaban J connectivity index is 1.45. The molecule has 0 atom stereocenters. The normalized spacial score (nSPS) is 15.4. The number of carbonyl (C=O) groups excluding carboxylic acids is 2. The number of halogens is 1. The third-order valence-corrected chi connectivity index (χ3v) is 7.87. The second kappa shape index (κ2) is 10.2. The summed E-state index contributed by atoms with van der Waals surface area (Å²) in [7, 11) is 1.59. The first-order chi connectivity index (χ1) is 20.0. The van der Waals surface area contributed by atoms with Crippen molar-refractivity contribution in [3.05, 3.63) is 87.7 Å². The van der Waals surface area contributed by atoms with Crippen molar-refractivity contribution >= 4 is 29.1 Å². The Morgan fingerprint density at radius 3 is 2.69 bits per heavy atom. The van der Waals surface area contributed by atoms with E-state index in [9.17, 15) is 14.4 Å². The van der Waals surface area contributed by atoms with Crippen molar-refractivity contribution in [1.82, 2.24) is 19.1 Å². The maximum Gasteiger partial charge on any atom is 0.302 e. The molecule has 1 aromatic carbocycles. The number of anilines is 3. The number of hydrogen-bond donors (Lipinski definition) is 1. The van der Waals surface area contributed by atoms with Crippen LogP contribution in [0.1, 0.15) is 48.1 Å². The molecule has 42 heavy (non-hydrogen) atoms. The van der Waals surface area contributed by atoms with E-state index in [1.54, 1.807) is 36.5 Å². The van der Waals surface area contributed by atoms with Gasteiger partial charge in [-0.15, -0.1) is 0 Å². The van der Waals surface area contributed by atoms with E-state index in [0.717, 1.165) is 12.8 Å². The fourth-order valence-corrected chi connectivity index (χ4v) is 6.04. The van der Waals surface area contributed by atoms with Gasteiger partial charge in [-0.3, -0.25) is 14.4 Å². The number of pyridine rings is 1. The minimum atomic E-state index is -0.566. The van der Waals surface area contributed by atoms with Gasteiger partial charge in [-0.2, -0.15) is 0 Å². The third-order valence-electron chi connectivity index (χ3n) is 7.87. The van der Waals surface area contributed by atoms with Gasteiger partial charge < -0.3 is 24.1 Å². The Morgan fingerprint density at radius 1 is 1.14 bits per heavy atom. The van der Waals surface area contributed by atoms with Crippen LogP contribution in [0, 0.1) is 11.2 Å². The molecule has 2 aliphatic rings. The van der Waals surface area contributed by atoms with Crippen LogP contribution in [0.15, 0.2) is 53.8 Å². The number of amides is 1. The van der Waals surface area contributed by atoms with Crippen LogP contribution in [0.5, 0.6) is 0 Å². The van der Waals surface area contributed by atoms with Crippen molar-refractivity contribution in [3.63, 3.8) is 0 Å². The summed E-state index contributed by atoms with van der Waals surface area (Å²) in [6, 6.07) is 7.80. The van der Waals surface area contributed by atoms with Gasteiger partial charge in [0.2, 0.25) is 0 Å². The maximum absolute atomic E-state index is 15.4. The van der Waals surface area contributed by atoms with Crippen molar-refractivity contribution in [2.24, 2.45) is 12.5 Å². The molecular weight excluding hydrogens is 539 g/mol. The predicted molar refractivity (Wildman–Crippen MR) is 155 cm³/mol. The molecule has 1 N–H and O–H groups in total. The molecule has 0 fully saturated rings. The molecule has 0 saturated carbocycles. The summed E-state index contributed by atoms with van der Waals surface area (Å²) in [6.07, 6.45) is 6.28. The smallest absolute Gasteiger partial charge is 0.302 e. The van der Waals surface area contributed by atoms with Gasteiger partial charge in [0.05, 0.1) is 5.69 Å². The molecule has 10 nitrogen and oxygen atoms in total. The highest BCUT2D eigenvalue weighted by Crippen LogP contribution is 2.41. The molecule has 6 rings (SSSR count). The Morgan fingerprint density at radius 2 is 1.95 bits per heavy atom. The third kappa shape index (κ3) is 4.95. The van der Waals surface area contributed by atoms with E-state index in [0.29, 0.717) is 47.0 Å². The number of carbonyl (C=O) groups is 2. The van der Waals surface area contributed by atoms with Crippen LogP contribution < -0.4 is 15.8 Å². The average Bonchev–Trinajstić information content (AvgIpc) is 3.43. The quantitative estimate of drug-likeness (QED) is 0.343. The summed E-state index contributed by atoms with van der Waals surface area (Å²) in [6.45, 7) is 6.45. The minimum absolute atomic E-state index is 0.151. The van der Waals surface area contributed by atoms with Gasteiger partial charge in [-0.1, -0.05) is 13.8 Å². The van der Waals surface area contributed by atoms with Crippen LogP contribution in [0.2, 0.25) is 0 Å². The lowest BCUT2D eigenvalue weighted by Gasteiger charge is -2.32. The van der Waals surface area contributed by atoms with Crippen LogP contribution in [0.3, 0.4) is 0 Å². The summed E-state index contributed by atoms with van der Waals surface area (Å²) >= 11 is 0. The Labute approximate surface area is 241 Å². The van der Waals surface area contributed by atoms with Gasteiger partial charge in [-0.25, -0.2) is 14.4 Å². The number of hydrogen-bond acceptors (Lipinski definition) is 7. The van der Waals surface area contributed by atoms with E-state index in [4.69, 9.17) is 4.74 Å². The summed E-state index contributed by atoms with van der Waals surface area (Å²) in [4.78, 5) is 48.3. The van der Waals surface area contributed by atoms with Gasteiger partial charge >= 0.3 is 5.97 Å². The number of fused-ring (bicyclic) bond motifs is 3. The molecule has 0 spiro atoms. The van der Waals surface area contributed by atoms with Crippen molar-refractivity contribution in [2.45, 2.75) is 46.8 Å². The SMILES string of the molecule is CC(=O)OCc1c(-c2cc(Nc3ccncn3)c(=O)n(C)c2)cc(F)cc1N1CCn2c(cc3c2CC(C)(C)C3)C1=O. The number of esters is 1. The molecule has 1 aliphatic carbocycles. The lowest BCUT2D eigenvalue weighted by molar-refractivity contribution is -0.142. The second-order valence-electron chi connectivity index (χ2n) is 11.6. The molecular formula is C31H31FN6O4. The van der Waals surface area contributed by atoms with Crippen LogP contribution in [-0.4, -0.2) is 37.5 Å². The minimum Gasteiger partial charge on any atom is -0.461 e. The molecule has 0 radical (unpaired) electrons. The summed E-state index contributed by atoms with van der Waals surface area (Å²) in [5.41, 5.74) is 4.65. The van der Waals surface area contributed by atoms with Crippen molar-refractivity contribution in [3.8, 4) is 11.1 Å². The summed E-state index contributed by atoms with van der Waals surface area (Å²) < 4.78 is 24.2. The Kier molecular flexibility index (Phi) is 6.67. The average molecular weight is 571 g/mol. The van der Waals surface area contributed by atoms with E-state index in [-0.39, 0.29) is 29.2 Å². The van der Waals surface area contributed by atoms with E-state index in [1.807, 2.05) is 6.07 Å². The number of ether oxygens (including phenoxy) is 1. The van der Waals surface area contributed by atoms with Crippen LogP contribution >= 0.6 is 0 Å². The number of benzene rings is 1. The fraction of sp³-hybridized carbons (Fsp3) is 0.323. The molecule has 0 unspecified atom stereocenters. The number of aryl methyl sites for hydroxylation is 1. The molecule has 216 valence electrons. The predicted octanol–water partition coefficient (Wildman–Crippen LogP) is 4.37. The molecule has 0 bridgehead atoms. The van der Waals surface area contributed by atoms with Gasteiger partial charge in [0, 0.05) is 56.3 Å². The first-order valence-corrected chi connectivity index (χ1v) is 13.7. The van der Waals surface area contributed by atoms with E-state index < -0.39 is 11.8 Å². The van der Waals surface area contributed by atoms with Gasteiger partial charge in [-0.05, 0) is 59.7 Å². The lowest BCUT2D eigenvalue weighted by atomic mass is 9.90. The van der Waals surface area contributed by atoms with Crippen LogP contribution in [0.4, 0.5) is 21.6 Å². The number of rotatable bonds is 6. The summed E-state index contributed by atoms with van der Waals surface area (Å²) in [5, 5.41) is 3.00. The molecule has 11 heteroatoms. The lowest BCUT2D eigenvalue weighted by Crippen LogP contribution is -2.41. The van der Waals surface area contributed by atoms with Crippen LogP contribution in [0.25, 0.3) is 11.1 Å². The first kappa shape index (κ1) is 27.4. The fourth-order valence-electron chi connectivity index (χ4n) is 6.04. The van der Waals surface area contributed by atoms with Crippen molar-refractivity contribution in [2.75, 3.05) is 16.8 Å². The van der Waals surface area contributed by atoms with Crippen molar-refractivity contribution < 1.29 is 18.7 Å². The highest BCUT2D eigenvalue weighted by Gasteiger charge is 2.37. The number of aromatic nitrogens is 4. The molecule has 1 aliphatic heterocycles. The van der Waals surface area contributed by atoms with E-state index in [2.05, 4.69) is 33.7 Å². The van der Waals surface area contributed by atoms with E-state index >= 15 is 4.39 Å². The van der Waals surface area contributed by atoms with Gasteiger partial charge in [0.15, 0.2) is 0 Å². The zero-order valence-corrected chi connectivity index (χ0v) is 23.9. The zero-order valence-electron chi connectivity index (χ0n) is 23.9. The topological polar surface area (TPSA) is 111 Å². The first-order valence-electron chi connectivity index (χ1n) is 13.7. The molecule has 1 amide bonds. The Bertz CT molecular complexity index is 1790. The van der Waals surface area contributed by atoms with Gasteiger partial charge in [0.1, 0.15) is 36.0 Å². The maximum atomic E-state index is 15.4. The second-order valence-corrected chi connectivity index (χ2v) is 11.6. The van der Waals surface area contributed by atoms with Gasteiger partial charge in [0.25, 0.3) is 11.5 Å². The largest absolute Gasteiger partial charge is 0.461 e. The van der Waals surface area contributed by atoms with E-state index in [1.165, 1.54) is 41.2 Å². The molecule has 0 saturated heterocycles. The summed E-state index contributed by atoms with van der Waals surface area (Å²) in [5.74, 6) is -0.901. The highest BCUT2D eigenvalue weighted by molar-refractivity contribution is 6.07. The number of nitrogens with one attached hydrogen (secondary N) is 1. The Hall–Kier alpha value is -4.80. The monoisotopic (exact) mass is 570 g/mol. The zero-order chi connectivity index (χ0) is 29.8. The van der Waals surface area contributed by atoms with Crippen molar-refractivity contribution in [1.29, 1.82) is 0 Å². The van der Waals surface area contributed by atoms with Crippen LogP contribution in [-0.2, 0) is 42.6 Å². The number of nitrogens with zero attached hydrogens (tertiary/aromatic N) is 5.